The molecule has 1 aliphatic heterocycles. The summed E-state index contributed by atoms with van der Waals surface area (Å²) in [6.45, 7) is 7.22. The van der Waals surface area contributed by atoms with Crippen LogP contribution in [0.3, 0.4) is 0 Å². The first kappa shape index (κ1) is 18.1. The largest absolute Gasteiger partial charge is 0.488 e. The van der Waals surface area contributed by atoms with Crippen LogP contribution in [0.2, 0.25) is 0 Å². The van der Waals surface area contributed by atoms with Gasteiger partial charge in [0.1, 0.15) is 11.9 Å². The van der Waals surface area contributed by atoms with Gasteiger partial charge < -0.3 is 16.2 Å². The minimum absolute atomic E-state index is 0.0261. The van der Waals surface area contributed by atoms with Crippen LogP contribution in [-0.2, 0) is 15.0 Å². The van der Waals surface area contributed by atoms with E-state index < -0.39 is 27.6 Å². The predicted molar refractivity (Wildman–Crippen MR) is 91.9 cm³/mol. The van der Waals surface area contributed by atoms with Crippen LogP contribution in [0.4, 0.5) is 5.69 Å². The van der Waals surface area contributed by atoms with Crippen molar-refractivity contribution < 1.29 is 17.9 Å². The fraction of sp³-hybridized carbons (Fsp3) is 0.467. The molecule has 1 aromatic rings. The van der Waals surface area contributed by atoms with Crippen molar-refractivity contribution in [3.8, 4) is 5.75 Å². The third-order valence-corrected chi connectivity index (χ3v) is 4.86. The summed E-state index contributed by atoms with van der Waals surface area (Å²) in [5.41, 5.74) is 11.0. The normalized spacial score (nSPS) is 17.5. The van der Waals surface area contributed by atoms with Crippen molar-refractivity contribution in [3.63, 3.8) is 0 Å². The summed E-state index contributed by atoms with van der Waals surface area (Å²) in [7, 11) is -3.87. The van der Waals surface area contributed by atoms with Crippen LogP contribution < -0.4 is 20.9 Å². The maximum Gasteiger partial charge on any atom is 0.344 e. The van der Waals surface area contributed by atoms with Gasteiger partial charge in [-0.25, -0.2) is 0 Å². The number of hydrogen-bond acceptors (Lipinski definition) is 5. The molecule has 0 saturated heterocycles. The SMILES string of the molecule is CC(C)C(Oc1cccc2c1C(N)=NS(=O)(=O)N2)C(C)(C)C(N)=O. The van der Waals surface area contributed by atoms with Crippen molar-refractivity contribution in [2.45, 2.75) is 33.8 Å². The number of fused-ring (bicyclic) bond motifs is 1. The summed E-state index contributed by atoms with van der Waals surface area (Å²) in [6, 6.07) is 4.84. The fourth-order valence-electron chi connectivity index (χ4n) is 2.71. The monoisotopic (exact) mass is 354 g/mol. The van der Waals surface area contributed by atoms with Gasteiger partial charge in [-0.15, -0.1) is 4.40 Å². The van der Waals surface area contributed by atoms with Gasteiger partial charge in [0, 0.05) is 0 Å². The smallest absolute Gasteiger partial charge is 0.344 e. The molecule has 2 rings (SSSR count). The number of nitrogens with zero attached hydrogens (tertiary/aromatic N) is 1. The lowest BCUT2D eigenvalue weighted by Gasteiger charge is -2.35. The summed E-state index contributed by atoms with van der Waals surface area (Å²) in [6.07, 6.45) is -0.534. The lowest BCUT2D eigenvalue weighted by Crippen LogP contribution is -2.47. The molecule has 0 radical (unpaired) electrons. The van der Waals surface area contributed by atoms with Crippen molar-refractivity contribution in [2.75, 3.05) is 4.72 Å². The Bertz CT molecular complexity index is 800. The maximum absolute atomic E-state index is 11.8. The number of nitrogens with one attached hydrogen (secondary N) is 1. The van der Waals surface area contributed by atoms with Crippen LogP contribution in [0.15, 0.2) is 22.6 Å². The number of amidine groups is 1. The molecule has 132 valence electrons. The first-order valence-corrected chi connectivity index (χ1v) is 8.88. The van der Waals surface area contributed by atoms with Crippen molar-refractivity contribution in [1.82, 2.24) is 0 Å². The molecule has 0 spiro atoms. The van der Waals surface area contributed by atoms with Crippen LogP contribution in [0.25, 0.3) is 0 Å². The molecule has 9 heteroatoms. The van der Waals surface area contributed by atoms with Gasteiger partial charge in [-0.2, -0.15) is 8.42 Å². The lowest BCUT2D eigenvalue weighted by atomic mass is 9.80. The minimum atomic E-state index is -3.87. The highest BCUT2D eigenvalue weighted by molar-refractivity contribution is 7.91. The standard InChI is InChI=1S/C15H22N4O4S/c1-8(2)12(15(3,4)14(17)20)23-10-7-5-6-9-11(10)13(16)19-24(21,22)18-9/h5-8,12,18H,1-4H3,(H2,16,19)(H2,17,20). The van der Waals surface area contributed by atoms with E-state index in [1.54, 1.807) is 32.0 Å². The van der Waals surface area contributed by atoms with E-state index in [2.05, 4.69) is 9.12 Å². The first-order chi connectivity index (χ1) is 11.0. The van der Waals surface area contributed by atoms with Crippen LogP contribution in [-0.4, -0.2) is 26.3 Å². The van der Waals surface area contributed by atoms with Crippen LogP contribution in [0, 0.1) is 11.3 Å². The number of carbonyl (C=O) groups excluding carboxylic acids is 1. The zero-order valence-electron chi connectivity index (χ0n) is 14.0. The van der Waals surface area contributed by atoms with Gasteiger partial charge in [-0.1, -0.05) is 19.9 Å². The van der Waals surface area contributed by atoms with Gasteiger partial charge in [0.15, 0.2) is 5.84 Å². The number of rotatable bonds is 5. The number of nitrogens with two attached hydrogens (primary N) is 2. The van der Waals surface area contributed by atoms with E-state index in [9.17, 15) is 13.2 Å². The second-order valence-electron chi connectivity index (χ2n) is 6.60. The Labute approximate surface area is 141 Å². The number of primary amides is 1. The molecular formula is C15H22N4O4S. The van der Waals surface area contributed by atoms with E-state index in [4.69, 9.17) is 16.2 Å². The Kier molecular flexibility index (Phi) is 4.49. The molecule has 1 unspecified atom stereocenters. The highest BCUT2D eigenvalue weighted by Gasteiger charge is 2.40. The summed E-state index contributed by atoms with van der Waals surface area (Å²) < 4.78 is 35.1. The minimum Gasteiger partial charge on any atom is -0.488 e. The molecule has 0 bridgehead atoms. The summed E-state index contributed by atoms with van der Waals surface area (Å²) in [4.78, 5) is 11.8. The summed E-state index contributed by atoms with van der Waals surface area (Å²) in [5.74, 6) is -0.349. The first-order valence-electron chi connectivity index (χ1n) is 7.44. The van der Waals surface area contributed by atoms with E-state index in [0.29, 0.717) is 11.3 Å². The second kappa shape index (κ2) is 5.97. The van der Waals surface area contributed by atoms with Gasteiger partial charge in [0.05, 0.1) is 16.7 Å². The van der Waals surface area contributed by atoms with Crippen molar-refractivity contribution in [2.24, 2.45) is 27.2 Å². The number of carbonyl (C=O) groups is 1. The summed E-state index contributed by atoms with van der Waals surface area (Å²) >= 11 is 0. The lowest BCUT2D eigenvalue weighted by molar-refractivity contribution is -0.132. The molecule has 1 aliphatic rings. The summed E-state index contributed by atoms with van der Waals surface area (Å²) in [5, 5.41) is 0. The Morgan fingerprint density at radius 3 is 2.50 bits per heavy atom. The van der Waals surface area contributed by atoms with E-state index in [0.717, 1.165) is 0 Å². The average molecular weight is 354 g/mol. The molecule has 1 atom stereocenters. The molecule has 1 heterocycles. The third kappa shape index (κ3) is 3.30. The van der Waals surface area contributed by atoms with Crippen LogP contribution >= 0.6 is 0 Å². The Hall–Kier alpha value is -2.29. The second-order valence-corrected chi connectivity index (χ2v) is 7.94. The molecule has 1 aromatic carbocycles. The molecule has 0 aliphatic carbocycles. The number of ether oxygens (including phenoxy) is 1. The third-order valence-electron chi connectivity index (χ3n) is 3.95. The highest BCUT2D eigenvalue weighted by Crippen LogP contribution is 2.35. The van der Waals surface area contributed by atoms with Crippen LogP contribution in [0.5, 0.6) is 5.75 Å². The Morgan fingerprint density at radius 2 is 1.96 bits per heavy atom. The number of hydrogen-bond donors (Lipinski definition) is 3. The predicted octanol–water partition coefficient (Wildman–Crippen LogP) is 0.977. The number of amides is 1. The van der Waals surface area contributed by atoms with E-state index in [-0.39, 0.29) is 17.4 Å². The molecule has 24 heavy (non-hydrogen) atoms. The van der Waals surface area contributed by atoms with Crippen molar-refractivity contribution >= 4 is 27.6 Å². The molecule has 5 N–H and O–H groups in total. The molecule has 0 saturated carbocycles. The number of benzene rings is 1. The fourth-order valence-corrected chi connectivity index (χ4v) is 3.55. The van der Waals surface area contributed by atoms with Gasteiger partial charge in [-0.3, -0.25) is 9.52 Å². The number of anilines is 1. The van der Waals surface area contributed by atoms with Gasteiger partial charge in [-0.05, 0) is 31.9 Å². The van der Waals surface area contributed by atoms with Gasteiger partial charge in [0.25, 0.3) is 0 Å². The van der Waals surface area contributed by atoms with Crippen molar-refractivity contribution in [3.05, 3.63) is 23.8 Å². The molecule has 8 nitrogen and oxygen atoms in total. The zero-order valence-corrected chi connectivity index (χ0v) is 14.8. The molecule has 1 amide bonds. The zero-order chi connectivity index (χ0) is 18.3. The van der Waals surface area contributed by atoms with E-state index in [1.165, 1.54) is 0 Å². The molecule has 0 aromatic heterocycles. The Balaban J connectivity index is 2.50. The quantitative estimate of drug-likeness (QED) is 0.724. The van der Waals surface area contributed by atoms with Crippen LogP contribution in [0.1, 0.15) is 33.3 Å². The Morgan fingerprint density at radius 1 is 1.33 bits per heavy atom. The molecular weight excluding hydrogens is 332 g/mol. The van der Waals surface area contributed by atoms with E-state index >= 15 is 0 Å². The van der Waals surface area contributed by atoms with E-state index in [1.807, 2.05) is 13.8 Å². The van der Waals surface area contributed by atoms with Gasteiger partial charge >= 0.3 is 10.2 Å². The highest BCUT2D eigenvalue weighted by atomic mass is 32.2. The maximum atomic E-state index is 11.8. The average Bonchev–Trinajstić information content (AvgIpc) is 2.42. The van der Waals surface area contributed by atoms with Gasteiger partial charge in [0.2, 0.25) is 5.91 Å². The molecule has 0 fully saturated rings. The van der Waals surface area contributed by atoms with Crippen molar-refractivity contribution in [1.29, 1.82) is 0 Å². The topological polar surface area (TPSA) is 137 Å².